The Kier molecular flexibility index (Phi) is 9.91. The van der Waals surface area contributed by atoms with Gasteiger partial charge >= 0.3 is 15.6 Å². The largest absolute Gasteiger partial charge is 0.584 e. The van der Waals surface area contributed by atoms with Crippen molar-refractivity contribution in [1.82, 2.24) is 0 Å². The van der Waals surface area contributed by atoms with Gasteiger partial charge in [0.2, 0.25) is 0 Å². The van der Waals surface area contributed by atoms with E-state index < -0.39 is 15.6 Å². The number of hydrogen-bond donors (Lipinski definition) is 2. The van der Waals surface area contributed by atoms with Crippen LogP contribution < -0.4 is 18.1 Å². The summed E-state index contributed by atoms with van der Waals surface area (Å²) < 4.78 is 49.1. The molecule has 2 N–H and O–H groups in total. The molecule has 242 valence electrons. The van der Waals surface area contributed by atoms with Gasteiger partial charge in [-0.2, -0.15) is 0 Å². The summed E-state index contributed by atoms with van der Waals surface area (Å²) >= 11 is 0. The monoisotopic (exact) mass is 646 g/mol. The number of hydrogen-bond acceptors (Lipinski definition) is 6. The van der Waals surface area contributed by atoms with Gasteiger partial charge in [-0.05, 0) is 33.8 Å². The number of phosphoric acid groups is 2. The average Bonchev–Trinajstić information content (AvgIpc) is 2.80. The molecule has 0 aliphatic rings. The average molecular weight is 647 g/mol. The molecule has 0 amide bonds. The molecule has 0 bridgehead atoms. The van der Waals surface area contributed by atoms with Crippen molar-refractivity contribution in [1.29, 1.82) is 0 Å². The van der Waals surface area contributed by atoms with Crippen LogP contribution in [0.25, 0.3) is 0 Å². The minimum atomic E-state index is -4.72. The third kappa shape index (κ3) is 9.14. The van der Waals surface area contributed by atoms with Crippen molar-refractivity contribution in [3.63, 3.8) is 0 Å². The van der Waals surface area contributed by atoms with E-state index in [1.54, 1.807) is 0 Å². The van der Waals surface area contributed by atoms with Crippen LogP contribution in [0.5, 0.6) is 23.0 Å². The normalized spacial score (nSPS) is 15.6. The van der Waals surface area contributed by atoms with Crippen LogP contribution in [0.3, 0.4) is 0 Å². The fourth-order valence-corrected chi connectivity index (χ4v) is 6.44. The summed E-state index contributed by atoms with van der Waals surface area (Å²) in [7, 11) is -9.45. The minimum Gasteiger partial charge on any atom is -0.395 e. The summed E-state index contributed by atoms with van der Waals surface area (Å²) in [5.41, 5.74) is 1.48. The van der Waals surface area contributed by atoms with Crippen LogP contribution in [-0.2, 0) is 30.8 Å². The van der Waals surface area contributed by atoms with Gasteiger partial charge in [0.05, 0.1) is 0 Å². The molecule has 0 saturated carbocycles. The predicted octanol–water partition coefficient (Wildman–Crippen LogP) is 9.99. The Hall–Kier alpha value is -2.76. The van der Waals surface area contributed by atoms with E-state index in [0.717, 1.165) is 22.3 Å². The SMILES string of the molecule is CC(C)(C)c1cccc(C(C)(C)C)c1OP(=O)(O)Oc1cccc(OP(=O)(O)Oc2c(C(C)(C)C)cccc2C(C)(C)C)c1. The number of para-hydroxylation sites is 2. The zero-order valence-electron chi connectivity index (χ0n) is 28.0. The van der Waals surface area contributed by atoms with Crippen LogP contribution in [0.1, 0.15) is 105 Å². The van der Waals surface area contributed by atoms with Crippen molar-refractivity contribution >= 4 is 15.6 Å². The lowest BCUT2D eigenvalue weighted by molar-refractivity contribution is 0.283. The third-order valence-electron chi connectivity index (χ3n) is 6.92. The molecule has 0 aliphatic carbocycles. The van der Waals surface area contributed by atoms with Gasteiger partial charge < -0.3 is 18.1 Å². The highest BCUT2D eigenvalue weighted by Crippen LogP contribution is 2.53. The molecule has 10 heteroatoms. The molecule has 2 unspecified atom stereocenters. The fraction of sp³-hybridized carbons (Fsp3) is 0.471. The van der Waals surface area contributed by atoms with Crippen LogP contribution in [0.15, 0.2) is 60.7 Å². The molecule has 0 aliphatic heterocycles. The number of rotatable bonds is 8. The van der Waals surface area contributed by atoms with E-state index in [-0.39, 0.29) is 44.7 Å². The van der Waals surface area contributed by atoms with Crippen molar-refractivity contribution < 1.29 is 37.0 Å². The fourth-order valence-electron chi connectivity index (χ4n) is 4.76. The topological polar surface area (TPSA) is 112 Å². The summed E-state index contributed by atoms with van der Waals surface area (Å²) in [5.74, 6) is 0.381. The van der Waals surface area contributed by atoms with Gasteiger partial charge in [0.25, 0.3) is 0 Å². The van der Waals surface area contributed by atoms with Crippen LogP contribution in [0.2, 0.25) is 0 Å². The van der Waals surface area contributed by atoms with Crippen molar-refractivity contribution in [2.45, 2.75) is 105 Å². The van der Waals surface area contributed by atoms with E-state index in [4.69, 9.17) is 18.1 Å². The second kappa shape index (κ2) is 12.2. The zero-order chi connectivity index (χ0) is 33.5. The van der Waals surface area contributed by atoms with Crippen molar-refractivity contribution in [3.05, 3.63) is 82.9 Å². The minimum absolute atomic E-state index is 0.0932. The van der Waals surface area contributed by atoms with E-state index in [1.807, 2.05) is 119 Å². The molecule has 3 aromatic carbocycles. The Bertz CT molecular complexity index is 1410. The van der Waals surface area contributed by atoms with Gasteiger partial charge in [0.1, 0.15) is 23.0 Å². The molecule has 0 heterocycles. The van der Waals surface area contributed by atoms with E-state index >= 15 is 0 Å². The first kappa shape index (κ1) is 35.7. The van der Waals surface area contributed by atoms with Crippen molar-refractivity contribution in [2.75, 3.05) is 0 Å². The second-order valence-electron chi connectivity index (χ2n) is 15.1. The highest BCUT2D eigenvalue weighted by atomic mass is 31.2. The molecule has 0 spiro atoms. The molecule has 3 aromatic rings. The van der Waals surface area contributed by atoms with Gasteiger partial charge in [-0.25, -0.2) is 9.13 Å². The van der Waals surface area contributed by atoms with Crippen molar-refractivity contribution in [2.24, 2.45) is 0 Å². The third-order valence-corrected chi connectivity index (χ3v) is 8.63. The smallest absolute Gasteiger partial charge is 0.395 e. The Morgan fingerprint density at radius 1 is 0.455 bits per heavy atom. The van der Waals surface area contributed by atoms with E-state index in [1.165, 1.54) is 24.3 Å². The summed E-state index contributed by atoms with van der Waals surface area (Å²) in [4.78, 5) is 21.7. The molecule has 8 nitrogen and oxygen atoms in total. The second-order valence-corrected chi connectivity index (χ2v) is 17.7. The summed E-state index contributed by atoms with van der Waals surface area (Å²) in [5, 5.41) is 0. The molecule has 2 atom stereocenters. The highest BCUT2D eigenvalue weighted by Gasteiger charge is 2.35. The zero-order valence-corrected chi connectivity index (χ0v) is 29.8. The van der Waals surface area contributed by atoms with Crippen LogP contribution in [-0.4, -0.2) is 9.79 Å². The van der Waals surface area contributed by atoms with E-state index in [0.29, 0.717) is 0 Å². The highest BCUT2D eigenvalue weighted by molar-refractivity contribution is 7.48. The summed E-state index contributed by atoms with van der Waals surface area (Å²) in [6.45, 7) is 23.9. The summed E-state index contributed by atoms with van der Waals surface area (Å²) in [6.07, 6.45) is 0. The molecule has 0 fully saturated rings. The van der Waals surface area contributed by atoms with E-state index in [9.17, 15) is 18.9 Å². The standard InChI is InChI=1S/C34H48O8P2/c1-31(2,3)25-18-14-19-26(32(4,5)6)29(25)41-43(35,36)39-23-16-13-17-24(22-23)40-44(37,38)42-30-27(33(7,8)9)20-15-21-28(30)34(10,11)12/h13-22H,1-12H3,(H,35,36)(H,37,38). The van der Waals surface area contributed by atoms with Gasteiger partial charge in [-0.3, -0.25) is 9.79 Å². The van der Waals surface area contributed by atoms with Gasteiger partial charge in [0, 0.05) is 28.3 Å². The predicted molar refractivity (Wildman–Crippen MR) is 176 cm³/mol. The number of benzene rings is 3. The quantitative estimate of drug-likeness (QED) is 0.233. The van der Waals surface area contributed by atoms with Gasteiger partial charge in [0.15, 0.2) is 0 Å². The molecule has 0 saturated heterocycles. The van der Waals surface area contributed by atoms with Crippen LogP contribution >= 0.6 is 15.6 Å². The maximum Gasteiger partial charge on any atom is 0.584 e. The van der Waals surface area contributed by atoms with Crippen LogP contribution in [0, 0.1) is 0 Å². The molecule has 0 radical (unpaired) electrons. The number of phosphoric ester groups is 2. The lowest BCUT2D eigenvalue weighted by atomic mass is 9.79. The molecule has 44 heavy (non-hydrogen) atoms. The Morgan fingerprint density at radius 3 is 0.955 bits per heavy atom. The Balaban J connectivity index is 1.92. The van der Waals surface area contributed by atoms with Crippen molar-refractivity contribution in [3.8, 4) is 23.0 Å². The van der Waals surface area contributed by atoms with Gasteiger partial charge in [-0.1, -0.05) is 126 Å². The maximum absolute atomic E-state index is 13.4. The lowest BCUT2D eigenvalue weighted by Gasteiger charge is -2.30. The summed E-state index contributed by atoms with van der Waals surface area (Å²) in [6, 6.07) is 16.8. The maximum atomic E-state index is 13.4. The van der Waals surface area contributed by atoms with E-state index in [2.05, 4.69) is 0 Å². The molecular formula is C34H48O8P2. The molecular weight excluding hydrogens is 598 g/mol. The van der Waals surface area contributed by atoms with Crippen LogP contribution in [0.4, 0.5) is 0 Å². The molecule has 3 rings (SSSR count). The lowest BCUT2D eigenvalue weighted by Crippen LogP contribution is -2.19. The first-order chi connectivity index (χ1) is 19.8. The Morgan fingerprint density at radius 2 is 0.705 bits per heavy atom. The Labute approximate surface area is 263 Å². The first-order valence-corrected chi connectivity index (χ1v) is 17.6. The van der Waals surface area contributed by atoms with Gasteiger partial charge in [-0.15, -0.1) is 0 Å². The first-order valence-electron chi connectivity index (χ1n) is 14.6. The molecule has 0 aromatic heterocycles.